The molecule has 2 heterocycles. The Labute approximate surface area is 239 Å². The molecule has 1 aliphatic rings. The van der Waals surface area contributed by atoms with Gasteiger partial charge >= 0.3 is 6.01 Å². The van der Waals surface area contributed by atoms with E-state index in [1.807, 2.05) is 56.3 Å². The highest BCUT2D eigenvalue weighted by atomic mass is 35.5. The van der Waals surface area contributed by atoms with Crippen molar-refractivity contribution in [1.29, 1.82) is 0 Å². The maximum Gasteiger partial charge on any atom is 0.301 e. The van der Waals surface area contributed by atoms with Gasteiger partial charge in [0, 0.05) is 18.9 Å². The Hall–Kier alpha value is -3.97. The number of pyridine rings is 1. The number of ketones is 1. The minimum atomic E-state index is -0.494. The molecule has 40 heavy (non-hydrogen) atoms. The van der Waals surface area contributed by atoms with Gasteiger partial charge in [0.2, 0.25) is 5.91 Å². The van der Waals surface area contributed by atoms with E-state index in [-0.39, 0.29) is 11.7 Å². The molecule has 0 fully saturated rings. The van der Waals surface area contributed by atoms with Gasteiger partial charge in [0.05, 0.1) is 21.8 Å². The lowest BCUT2D eigenvalue weighted by Gasteiger charge is -2.26. The van der Waals surface area contributed by atoms with Gasteiger partial charge in [-0.05, 0) is 80.9 Å². The van der Waals surface area contributed by atoms with Gasteiger partial charge in [0.15, 0.2) is 5.65 Å². The van der Waals surface area contributed by atoms with Gasteiger partial charge in [0.25, 0.3) is 0 Å². The number of allylic oxidation sites excluding steroid dienone is 2. The number of ether oxygens (including phenoxy) is 1. The third-order valence-electron chi connectivity index (χ3n) is 7.31. The van der Waals surface area contributed by atoms with Crippen LogP contribution in [0.25, 0.3) is 28.0 Å². The molecule has 5 rings (SSSR count). The van der Waals surface area contributed by atoms with Gasteiger partial charge in [-0.3, -0.25) is 4.79 Å². The minimum Gasteiger partial charge on any atom is -0.426 e. The molecule has 2 aromatic heterocycles. The third kappa shape index (κ3) is 6.26. The second kappa shape index (κ2) is 11.3. The Morgan fingerprint density at radius 1 is 1.05 bits per heavy atom. The van der Waals surface area contributed by atoms with Crippen LogP contribution in [-0.2, 0) is 15.1 Å². The third-order valence-corrected chi connectivity index (χ3v) is 7.60. The van der Waals surface area contributed by atoms with E-state index in [4.69, 9.17) is 21.3 Å². The van der Waals surface area contributed by atoms with Crippen LogP contribution in [0.5, 0.6) is 11.8 Å². The number of hydrogen-bond acceptors (Lipinski definition) is 5. The zero-order valence-electron chi connectivity index (χ0n) is 23.2. The lowest BCUT2D eigenvalue weighted by molar-refractivity contribution is -0.120. The first-order valence-corrected chi connectivity index (χ1v) is 13.9. The molecule has 0 aliphatic heterocycles. The highest BCUT2D eigenvalue weighted by Crippen LogP contribution is 2.35. The largest absolute Gasteiger partial charge is 0.426 e. The standard InChI is InChI=1S/C32H33ClN4O3/c1-19(38)17-21-5-7-22(8-6-21)23-9-11-24(12-10-23)29-27(33)18-28-30(35-29)36-31(34-28)40-26-15-13-25(14-16-26)32(3,4)37-20(2)39/h7,9-16,18,21H,5-6,8,17H2,1-4H3,(H,37,39)(H,34,35,36). The summed E-state index contributed by atoms with van der Waals surface area (Å²) in [5, 5.41) is 3.46. The molecular formula is C32H33ClN4O3. The van der Waals surface area contributed by atoms with Crippen molar-refractivity contribution in [3.63, 3.8) is 0 Å². The molecule has 0 spiro atoms. The summed E-state index contributed by atoms with van der Waals surface area (Å²) in [6.45, 7) is 7.07. The van der Waals surface area contributed by atoms with Gasteiger partial charge in [-0.1, -0.05) is 54.1 Å². The number of hydrogen-bond donors (Lipinski definition) is 2. The van der Waals surface area contributed by atoms with E-state index in [1.165, 1.54) is 18.1 Å². The molecule has 8 heteroatoms. The molecule has 2 N–H and O–H groups in total. The highest BCUT2D eigenvalue weighted by Gasteiger charge is 2.21. The van der Waals surface area contributed by atoms with Crippen LogP contribution in [0.2, 0.25) is 5.02 Å². The fourth-order valence-electron chi connectivity index (χ4n) is 5.29. The smallest absolute Gasteiger partial charge is 0.301 e. The van der Waals surface area contributed by atoms with E-state index in [0.29, 0.717) is 46.0 Å². The average Bonchev–Trinajstić information content (AvgIpc) is 3.29. The van der Waals surface area contributed by atoms with Gasteiger partial charge in [-0.2, -0.15) is 4.98 Å². The number of carbonyl (C=O) groups excluding carboxylic acids is 2. The van der Waals surface area contributed by atoms with Crippen molar-refractivity contribution in [1.82, 2.24) is 20.3 Å². The summed E-state index contributed by atoms with van der Waals surface area (Å²) in [5.74, 6) is 1.24. The van der Waals surface area contributed by atoms with Crippen LogP contribution in [0, 0.1) is 5.92 Å². The zero-order chi connectivity index (χ0) is 28.4. The fourth-order valence-corrected chi connectivity index (χ4v) is 5.56. The van der Waals surface area contributed by atoms with Crippen molar-refractivity contribution in [3.05, 3.63) is 76.8 Å². The summed E-state index contributed by atoms with van der Waals surface area (Å²) in [4.78, 5) is 35.3. The van der Waals surface area contributed by atoms with Crippen molar-refractivity contribution in [2.24, 2.45) is 5.92 Å². The molecular weight excluding hydrogens is 524 g/mol. The summed E-state index contributed by atoms with van der Waals surface area (Å²) >= 11 is 6.63. The van der Waals surface area contributed by atoms with Crippen LogP contribution in [0.15, 0.2) is 60.7 Å². The number of halogens is 1. The van der Waals surface area contributed by atoms with E-state index in [9.17, 15) is 9.59 Å². The van der Waals surface area contributed by atoms with Crippen LogP contribution in [0.4, 0.5) is 0 Å². The van der Waals surface area contributed by atoms with Crippen molar-refractivity contribution in [3.8, 4) is 23.0 Å². The van der Waals surface area contributed by atoms with Gasteiger partial charge in [-0.15, -0.1) is 0 Å². The van der Waals surface area contributed by atoms with E-state index < -0.39 is 5.54 Å². The highest BCUT2D eigenvalue weighted by molar-refractivity contribution is 6.33. The lowest BCUT2D eigenvalue weighted by atomic mass is 9.84. The first-order valence-electron chi connectivity index (χ1n) is 13.5. The number of nitrogens with one attached hydrogen (secondary N) is 2. The molecule has 1 unspecified atom stereocenters. The number of aromatic nitrogens is 3. The lowest BCUT2D eigenvalue weighted by Crippen LogP contribution is -2.39. The average molecular weight is 557 g/mol. The summed E-state index contributed by atoms with van der Waals surface area (Å²) < 4.78 is 5.95. The molecule has 0 bridgehead atoms. The fraction of sp³-hybridized carbons (Fsp3) is 0.312. The van der Waals surface area contributed by atoms with Crippen molar-refractivity contribution < 1.29 is 14.3 Å². The number of Topliss-reactive ketones (excluding diaryl/α,β-unsaturated/α-hetero) is 1. The Bertz CT molecular complexity index is 1590. The van der Waals surface area contributed by atoms with Crippen LogP contribution >= 0.6 is 11.6 Å². The van der Waals surface area contributed by atoms with E-state index in [0.717, 1.165) is 30.4 Å². The molecule has 1 atom stereocenters. The summed E-state index contributed by atoms with van der Waals surface area (Å²) in [7, 11) is 0. The number of H-pyrrole nitrogens is 1. The SMILES string of the molecule is CC(=O)CC1CC=C(c2ccc(-c3nc4nc(Oc5ccc(C(C)(C)NC(C)=O)cc5)[nH]c4cc3Cl)cc2)CC1. The van der Waals surface area contributed by atoms with Crippen LogP contribution in [-0.4, -0.2) is 26.6 Å². The number of aromatic amines is 1. The molecule has 2 aromatic carbocycles. The molecule has 4 aromatic rings. The van der Waals surface area contributed by atoms with Crippen molar-refractivity contribution in [2.45, 2.75) is 58.9 Å². The number of fused-ring (bicyclic) bond motifs is 1. The normalized spacial score (nSPS) is 15.5. The zero-order valence-corrected chi connectivity index (χ0v) is 23.9. The van der Waals surface area contributed by atoms with Crippen LogP contribution < -0.4 is 10.1 Å². The first kappa shape index (κ1) is 27.6. The van der Waals surface area contributed by atoms with Crippen LogP contribution in [0.1, 0.15) is 64.5 Å². The van der Waals surface area contributed by atoms with Crippen molar-refractivity contribution in [2.75, 3.05) is 0 Å². The minimum absolute atomic E-state index is 0.0872. The van der Waals surface area contributed by atoms with Crippen LogP contribution in [0.3, 0.4) is 0 Å². The summed E-state index contributed by atoms with van der Waals surface area (Å²) in [6.07, 6.45) is 5.91. The molecule has 0 saturated heterocycles. The maximum absolute atomic E-state index is 11.5. The number of benzene rings is 2. The van der Waals surface area contributed by atoms with Gasteiger partial charge in [-0.25, -0.2) is 4.98 Å². The number of imidazole rings is 1. The number of amides is 1. The predicted molar refractivity (Wildman–Crippen MR) is 158 cm³/mol. The second-order valence-electron chi connectivity index (χ2n) is 11.0. The quantitative estimate of drug-likeness (QED) is 0.233. The van der Waals surface area contributed by atoms with Gasteiger partial charge < -0.3 is 19.8 Å². The molecule has 206 valence electrons. The Morgan fingerprint density at radius 3 is 2.38 bits per heavy atom. The molecule has 7 nitrogen and oxygen atoms in total. The monoisotopic (exact) mass is 556 g/mol. The topological polar surface area (TPSA) is 97.0 Å². The number of rotatable bonds is 8. The van der Waals surface area contributed by atoms with E-state index in [2.05, 4.69) is 33.5 Å². The molecule has 1 aliphatic carbocycles. The summed E-state index contributed by atoms with van der Waals surface area (Å²) in [6, 6.07) is 17.9. The Balaban J connectivity index is 1.31. The van der Waals surface area contributed by atoms with E-state index >= 15 is 0 Å². The molecule has 0 radical (unpaired) electrons. The first-order chi connectivity index (χ1) is 19.1. The second-order valence-corrected chi connectivity index (χ2v) is 11.4. The molecule has 1 amide bonds. The van der Waals surface area contributed by atoms with Crippen molar-refractivity contribution >= 4 is 40.0 Å². The summed E-state index contributed by atoms with van der Waals surface area (Å²) in [5.41, 5.74) is 5.72. The predicted octanol–water partition coefficient (Wildman–Crippen LogP) is 7.60. The Kier molecular flexibility index (Phi) is 7.76. The van der Waals surface area contributed by atoms with Gasteiger partial charge in [0.1, 0.15) is 11.5 Å². The molecule has 0 saturated carbocycles. The number of nitrogens with zero attached hydrogens (tertiary/aromatic N) is 2. The Morgan fingerprint density at radius 2 is 1.75 bits per heavy atom. The maximum atomic E-state index is 11.5. The van der Waals surface area contributed by atoms with E-state index in [1.54, 1.807) is 6.92 Å². The number of carbonyl (C=O) groups is 2.